The number of carbonyl (C=O) groups is 1. The topological polar surface area (TPSA) is 39.4 Å². The van der Waals surface area contributed by atoms with E-state index in [1.807, 2.05) is 0 Å². The summed E-state index contributed by atoms with van der Waals surface area (Å²) in [6.45, 7) is 0.585. The number of methoxy groups -OCH3 is 1. The molecule has 0 aliphatic rings. The minimum Gasteiger partial charge on any atom is -0.452 e. The van der Waals surface area contributed by atoms with Gasteiger partial charge in [0.25, 0.3) is 0 Å². The van der Waals surface area contributed by atoms with Gasteiger partial charge in [-0.1, -0.05) is 0 Å². The standard InChI is InChI=1S/C9H11ClO3/c1-12-5-2-3-8(11)7-4-6-13-9(7)10/h4,6H,2-3,5H2,1H3. The van der Waals surface area contributed by atoms with Crippen LogP contribution < -0.4 is 0 Å². The molecule has 3 nitrogen and oxygen atoms in total. The number of Topliss-reactive ketones (excluding diaryl/α,β-unsaturated/α-hetero) is 1. The van der Waals surface area contributed by atoms with Crippen molar-refractivity contribution >= 4 is 17.4 Å². The lowest BCUT2D eigenvalue weighted by Crippen LogP contribution is -2.00. The molecule has 0 fully saturated rings. The molecule has 0 amide bonds. The van der Waals surface area contributed by atoms with Crippen molar-refractivity contribution in [1.29, 1.82) is 0 Å². The van der Waals surface area contributed by atoms with Crippen LogP contribution >= 0.6 is 11.6 Å². The lowest BCUT2D eigenvalue weighted by atomic mass is 10.1. The third-order valence-corrected chi connectivity index (χ3v) is 1.96. The Hall–Kier alpha value is -0.800. The quantitative estimate of drug-likeness (QED) is 0.544. The largest absolute Gasteiger partial charge is 0.452 e. The van der Waals surface area contributed by atoms with Gasteiger partial charge in [-0.3, -0.25) is 4.79 Å². The highest BCUT2D eigenvalue weighted by atomic mass is 35.5. The molecular weight excluding hydrogens is 192 g/mol. The van der Waals surface area contributed by atoms with Gasteiger partial charge in [0.1, 0.15) is 0 Å². The fourth-order valence-electron chi connectivity index (χ4n) is 1.01. The lowest BCUT2D eigenvalue weighted by Gasteiger charge is -1.97. The second kappa shape index (κ2) is 5.04. The summed E-state index contributed by atoms with van der Waals surface area (Å²) in [5.41, 5.74) is 0.456. The monoisotopic (exact) mass is 202 g/mol. The number of furan rings is 1. The molecule has 72 valence electrons. The first-order valence-electron chi connectivity index (χ1n) is 4.01. The molecule has 0 saturated heterocycles. The molecule has 1 aromatic rings. The van der Waals surface area contributed by atoms with Gasteiger partial charge in [-0.15, -0.1) is 0 Å². The van der Waals surface area contributed by atoms with Crippen molar-refractivity contribution in [3.8, 4) is 0 Å². The Morgan fingerprint density at radius 3 is 3.00 bits per heavy atom. The molecule has 1 heterocycles. The average molecular weight is 203 g/mol. The zero-order chi connectivity index (χ0) is 9.68. The molecule has 1 rings (SSSR count). The van der Waals surface area contributed by atoms with Gasteiger partial charge in [0.05, 0.1) is 11.8 Å². The van der Waals surface area contributed by atoms with Crippen molar-refractivity contribution in [2.45, 2.75) is 12.8 Å². The Bertz CT molecular complexity index is 280. The Morgan fingerprint density at radius 1 is 1.69 bits per heavy atom. The van der Waals surface area contributed by atoms with Crippen LogP contribution in [0.25, 0.3) is 0 Å². The van der Waals surface area contributed by atoms with Gasteiger partial charge in [0, 0.05) is 20.1 Å². The van der Waals surface area contributed by atoms with Gasteiger partial charge >= 0.3 is 0 Å². The summed E-state index contributed by atoms with van der Waals surface area (Å²) >= 11 is 5.63. The van der Waals surface area contributed by atoms with Crippen LogP contribution in [0.15, 0.2) is 16.7 Å². The highest BCUT2D eigenvalue weighted by molar-refractivity contribution is 6.32. The number of hydrogen-bond donors (Lipinski definition) is 0. The molecule has 0 spiro atoms. The Balaban J connectivity index is 2.45. The molecule has 0 atom stereocenters. The van der Waals surface area contributed by atoms with Crippen molar-refractivity contribution in [2.75, 3.05) is 13.7 Å². The average Bonchev–Trinajstić information content (AvgIpc) is 2.52. The molecular formula is C9H11ClO3. The summed E-state index contributed by atoms with van der Waals surface area (Å²) in [4.78, 5) is 11.4. The first-order valence-corrected chi connectivity index (χ1v) is 4.38. The number of ketones is 1. The van der Waals surface area contributed by atoms with Crippen LogP contribution in [0.3, 0.4) is 0 Å². The van der Waals surface area contributed by atoms with Crippen molar-refractivity contribution in [2.24, 2.45) is 0 Å². The number of carbonyl (C=O) groups excluding carboxylic acids is 1. The molecule has 0 bridgehead atoms. The van der Waals surface area contributed by atoms with Crippen LogP contribution in [0, 0.1) is 0 Å². The van der Waals surface area contributed by atoms with Crippen LogP contribution in [0.5, 0.6) is 0 Å². The predicted octanol–water partition coefficient (Wildman–Crippen LogP) is 2.54. The SMILES string of the molecule is COCCCC(=O)c1ccoc1Cl. The molecule has 0 aliphatic carbocycles. The maximum Gasteiger partial charge on any atom is 0.203 e. The van der Waals surface area contributed by atoms with Gasteiger partial charge in [-0.2, -0.15) is 0 Å². The van der Waals surface area contributed by atoms with E-state index in [0.717, 1.165) is 0 Å². The first-order chi connectivity index (χ1) is 6.25. The molecule has 0 aromatic carbocycles. The Morgan fingerprint density at radius 2 is 2.46 bits per heavy atom. The highest BCUT2D eigenvalue weighted by Crippen LogP contribution is 2.18. The fraction of sp³-hybridized carbons (Fsp3) is 0.444. The van der Waals surface area contributed by atoms with Crippen molar-refractivity contribution in [3.63, 3.8) is 0 Å². The summed E-state index contributed by atoms with van der Waals surface area (Å²) < 4.78 is 9.64. The first kappa shape index (κ1) is 10.3. The number of ether oxygens (including phenoxy) is 1. The van der Waals surface area contributed by atoms with E-state index >= 15 is 0 Å². The van der Waals surface area contributed by atoms with E-state index in [9.17, 15) is 4.79 Å². The van der Waals surface area contributed by atoms with Gasteiger partial charge < -0.3 is 9.15 Å². The molecule has 1 aromatic heterocycles. The van der Waals surface area contributed by atoms with E-state index in [1.54, 1.807) is 13.2 Å². The van der Waals surface area contributed by atoms with E-state index in [4.69, 9.17) is 20.8 Å². The molecule has 13 heavy (non-hydrogen) atoms. The van der Waals surface area contributed by atoms with E-state index in [1.165, 1.54) is 6.26 Å². The highest BCUT2D eigenvalue weighted by Gasteiger charge is 2.11. The van der Waals surface area contributed by atoms with E-state index in [-0.39, 0.29) is 11.0 Å². The van der Waals surface area contributed by atoms with Crippen molar-refractivity contribution in [1.82, 2.24) is 0 Å². The van der Waals surface area contributed by atoms with E-state index in [0.29, 0.717) is 25.0 Å². The van der Waals surface area contributed by atoms with Crippen LogP contribution in [0.2, 0.25) is 5.22 Å². The fourth-order valence-corrected chi connectivity index (χ4v) is 1.22. The lowest BCUT2D eigenvalue weighted by molar-refractivity contribution is 0.0963. The molecule has 0 aliphatic heterocycles. The predicted molar refractivity (Wildman–Crippen MR) is 49.2 cm³/mol. The Labute approximate surface area is 81.6 Å². The summed E-state index contributed by atoms with van der Waals surface area (Å²) in [6, 6.07) is 1.58. The summed E-state index contributed by atoms with van der Waals surface area (Å²) in [5, 5.41) is 0.169. The summed E-state index contributed by atoms with van der Waals surface area (Å²) in [6.07, 6.45) is 2.55. The number of rotatable bonds is 5. The molecule has 0 N–H and O–H groups in total. The normalized spacial score (nSPS) is 10.3. The zero-order valence-corrected chi connectivity index (χ0v) is 8.13. The molecule has 0 radical (unpaired) electrons. The third kappa shape index (κ3) is 2.86. The second-order valence-electron chi connectivity index (χ2n) is 2.63. The molecule has 0 unspecified atom stereocenters. The van der Waals surface area contributed by atoms with Crippen LogP contribution in [0.1, 0.15) is 23.2 Å². The second-order valence-corrected chi connectivity index (χ2v) is 2.97. The van der Waals surface area contributed by atoms with Crippen LogP contribution in [-0.2, 0) is 4.74 Å². The summed E-state index contributed by atoms with van der Waals surface area (Å²) in [5.74, 6) is -0.00389. The smallest absolute Gasteiger partial charge is 0.203 e. The maximum atomic E-state index is 11.4. The van der Waals surface area contributed by atoms with Crippen molar-refractivity contribution in [3.05, 3.63) is 23.1 Å². The molecule has 4 heteroatoms. The van der Waals surface area contributed by atoms with Crippen LogP contribution in [0.4, 0.5) is 0 Å². The van der Waals surface area contributed by atoms with Gasteiger partial charge in [0.15, 0.2) is 5.78 Å². The van der Waals surface area contributed by atoms with Gasteiger partial charge in [-0.25, -0.2) is 0 Å². The van der Waals surface area contributed by atoms with Gasteiger partial charge in [0.2, 0.25) is 5.22 Å². The van der Waals surface area contributed by atoms with Crippen LogP contribution in [-0.4, -0.2) is 19.5 Å². The number of hydrogen-bond acceptors (Lipinski definition) is 3. The number of halogens is 1. The van der Waals surface area contributed by atoms with Crippen molar-refractivity contribution < 1.29 is 13.9 Å². The maximum absolute atomic E-state index is 11.4. The van der Waals surface area contributed by atoms with Gasteiger partial charge in [-0.05, 0) is 24.1 Å². The Kier molecular flexibility index (Phi) is 3.99. The zero-order valence-electron chi connectivity index (χ0n) is 7.38. The van der Waals surface area contributed by atoms with E-state index < -0.39 is 0 Å². The minimum atomic E-state index is -0.00389. The minimum absolute atomic E-state index is 0.00389. The molecule has 0 saturated carbocycles. The summed E-state index contributed by atoms with van der Waals surface area (Å²) in [7, 11) is 1.61. The van der Waals surface area contributed by atoms with E-state index in [2.05, 4.69) is 0 Å². The third-order valence-electron chi connectivity index (χ3n) is 1.67.